The topological polar surface area (TPSA) is 41.0 Å². The molecule has 0 saturated carbocycles. The highest BCUT2D eigenvalue weighted by molar-refractivity contribution is 6.30. The molecule has 130 valence electrons. The van der Waals surface area contributed by atoms with Crippen molar-refractivity contribution in [2.45, 2.75) is 13.8 Å². The summed E-state index contributed by atoms with van der Waals surface area (Å²) in [7, 11) is 0. The van der Waals surface area contributed by atoms with Crippen LogP contribution in [0.15, 0.2) is 48.5 Å². The molecule has 5 heteroatoms. The van der Waals surface area contributed by atoms with Crippen LogP contribution in [0.3, 0.4) is 0 Å². The number of para-hydroxylation sites is 1. The second-order valence-electron chi connectivity index (χ2n) is 5.88. The lowest BCUT2D eigenvalue weighted by Gasteiger charge is -2.18. The van der Waals surface area contributed by atoms with Crippen LogP contribution in [0.25, 0.3) is 22.3 Å². The zero-order valence-electron chi connectivity index (χ0n) is 14.7. The molecule has 1 heterocycles. The van der Waals surface area contributed by atoms with E-state index in [-0.39, 0.29) is 0 Å². The fourth-order valence-corrected chi connectivity index (χ4v) is 3.03. The highest BCUT2D eigenvalue weighted by Crippen LogP contribution is 2.26. The Labute approximate surface area is 153 Å². The average molecular weight is 355 g/mol. The van der Waals surface area contributed by atoms with E-state index >= 15 is 0 Å². The molecule has 3 aromatic rings. The molecule has 0 saturated heterocycles. The highest BCUT2D eigenvalue weighted by atomic mass is 35.5. The summed E-state index contributed by atoms with van der Waals surface area (Å²) in [6.07, 6.45) is 0. The van der Waals surface area contributed by atoms with Gasteiger partial charge in [-0.05, 0) is 37.4 Å². The Morgan fingerprint density at radius 2 is 1.80 bits per heavy atom. The summed E-state index contributed by atoms with van der Waals surface area (Å²) in [5.41, 5.74) is 1.85. The van der Waals surface area contributed by atoms with Gasteiger partial charge in [0.05, 0.1) is 5.52 Å². The largest absolute Gasteiger partial charge is 0.368 e. The normalized spacial score (nSPS) is 11.2. The van der Waals surface area contributed by atoms with Gasteiger partial charge in [0.2, 0.25) is 0 Å². The molecule has 0 bridgehead atoms. The van der Waals surface area contributed by atoms with E-state index < -0.39 is 0 Å². The summed E-state index contributed by atoms with van der Waals surface area (Å²) in [4.78, 5) is 11.8. The standard InChI is InChI=1S/C20H23ClN4/c1-3-25(4-2)13-12-22-20-17-10-5-6-11-18(17)23-19(24-20)15-8-7-9-16(21)14-15/h5-11,14H,3-4,12-13H2,1-2H3,(H,22,23,24). The first-order valence-corrected chi connectivity index (χ1v) is 9.08. The first kappa shape index (κ1) is 17.6. The van der Waals surface area contributed by atoms with Gasteiger partial charge in [-0.15, -0.1) is 0 Å². The lowest BCUT2D eigenvalue weighted by Crippen LogP contribution is -2.28. The number of likely N-dealkylation sites (N-methyl/N-ethyl adjacent to an activating group) is 1. The van der Waals surface area contributed by atoms with Crippen molar-refractivity contribution in [1.29, 1.82) is 0 Å². The van der Waals surface area contributed by atoms with Crippen LogP contribution < -0.4 is 5.32 Å². The molecule has 1 N–H and O–H groups in total. The van der Waals surface area contributed by atoms with E-state index in [1.54, 1.807) is 0 Å². The number of hydrogen-bond acceptors (Lipinski definition) is 4. The summed E-state index contributed by atoms with van der Waals surface area (Å²) >= 11 is 6.13. The number of fused-ring (bicyclic) bond motifs is 1. The van der Waals surface area contributed by atoms with E-state index in [1.807, 2.05) is 42.5 Å². The van der Waals surface area contributed by atoms with Gasteiger partial charge >= 0.3 is 0 Å². The van der Waals surface area contributed by atoms with Crippen molar-refractivity contribution in [2.75, 3.05) is 31.5 Å². The molecule has 3 rings (SSSR count). The zero-order chi connectivity index (χ0) is 17.6. The molecule has 0 amide bonds. The maximum Gasteiger partial charge on any atom is 0.162 e. The SMILES string of the molecule is CCN(CC)CCNc1nc(-c2cccc(Cl)c2)nc2ccccc12. The minimum absolute atomic E-state index is 0.685. The number of anilines is 1. The fraction of sp³-hybridized carbons (Fsp3) is 0.300. The van der Waals surface area contributed by atoms with Gasteiger partial charge < -0.3 is 10.2 Å². The van der Waals surface area contributed by atoms with E-state index in [0.29, 0.717) is 10.8 Å². The van der Waals surface area contributed by atoms with Crippen LogP contribution in [0.5, 0.6) is 0 Å². The Kier molecular flexibility index (Phi) is 5.84. The fourth-order valence-electron chi connectivity index (χ4n) is 2.84. The summed E-state index contributed by atoms with van der Waals surface area (Å²) in [6.45, 7) is 8.30. The van der Waals surface area contributed by atoms with E-state index in [9.17, 15) is 0 Å². The molecule has 0 aliphatic rings. The Morgan fingerprint density at radius 3 is 2.56 bits per heavy atom. The minimum atomic E-state index is 0.685. The van der Waals surface area contributed by atoms with Gasteiger partial charge in [-0.1, -0.05) is 49.7 Å². The second kappa shape index (κ2) is 8.28. The van der Waals surface area contributed by atoms with Crippen LogP contribution in [0.2, 0.25) is 5.02 Å². The number of nitrogens with one attached hydrogen (secondary N) is 1. The second-order valence-corrected chi connectivity index (χ2v) is 6.31. The van der Waals surface area contributed by atoms with Gasteiger partial charge in [0.15, 0.2) is 5.82 Å². The Balaban J connectivity index is 1.93. The third kappa shape index (κ3) is 4.27. The van der Waals surface area contributed by atoms with Crippen molar-refractivity contribution in [1.82, 2.24) is 14.9 Å². The van der Waals surface area contributed by atoms with E-state index in [1.165, 1.54) is 0 Å². The van der Waals surface area contributed by atoms with E-state index in [4.69, 9.17) is 21.6 Å². The molecule has 4 nitrogen and oxygen atoms in total. The first-order valence-electron chi connectivity index (χ1n) is 8.70. The minimum Gasteiger partial charge on any atom is -0.368 e. The monoisotopic (exact) mass is 354 g/mol. The quantitative estimate of drug-likeness (QED) is 0.667. The Hall–Kier alpha value is -2.17. The summed E-state index contributed by atoms with van der Waals surface area (Å²) in [6, 6.07) is 15.7. The molecule has 0 unspecified atom stereocenters. The van der Waals surface area contributed by atoms with Gasteiger partial charge in [-0.2, -0.15) is 0 Å². The maximum absolute atomic E-state index is 6.13. The van der Waals surface area contributed by atoms with Crippen LogP contribution in [-0.2, 0) is 0 Å². The molecule has 2 aromatic carbocycles. The number of benzene rings is 2. The Morgan fingerprint density at radius 1 is 1.00 bits per heavy atom. The van der Waals surface area contributed by atoms with Gasteiger partial charge in [-0.25, -0.2) is 9.97 Å². The maximum atomic E-state index is 6.13. The van der Waals surface area contributed by atoms with Gasteiger partial charge in [0, 0.05) is 29.1 Å². The zero-order valence-corrected chi connectivity index (χ0v) is 15.4. The third-order valence-electron chi connectivity index (χ3n) is 4.30. The molecule has 0 atom stereocenters. The highest BCUT2D eigenvalue weighted by Gasteiger charge is 2.10. The van der Waals surface area contributed by atoms with Crippen molar-refractivity contribution in [3.8, 4) is 11.4 Å². The van der Waals surface area contributed by atoms with Crippen molar-refractivity contribution in [3.05, 3.63) is 53.6 Å². The number of rotatable bonds is 7. The molecule has 0 aliphatic heterocycles. The van der Waals surface area contributed by atoms with Gasteiger partial charge in [-0.3, -0.25) is 0 Å². The lowest BCUT2D eigenvalue weighted by atomic mass is 10.2. The molecule has 0 radical (unpaired) electrons. The molecule has 1 aromatic heterocycles. The van der Waals surface area contributed by atoms with Crippen molar-refractivity contribution in [2.24, 2.45) is 0 Å². The summed E-state index contributed by atoms with van der Waals surface area (Å²) in [5, 5.41) is 5.21. The van der Waals surface area contributed by atoms with Crippen molar-refractivity contribution >= 4 is 28.3 Å². The number of aromatic nitrogens is 2. The van der Waals surface area contributed by atoms with Crippen LogP contribution >= 0.6 is 11.6 Å². The number of nitrogens with zero attached hydrogens (tertiary/aromatic N) is 3. The number of halogens is 1. The molecular formula is C20H23ClN4. The van der Waals surface area contributed by atoms with Crippen LogP contribution in [0.1, 0.15) is 13.8 Å². The Bertz CT molecular complexity index is 846. The molecule has 0 spiro atoms. The van der Waals surface area contributed by atoms with E-state index in [2.05, 4.69) is 30.1 Å². The first-order chi connectivity index (χ1) is 12.2. The van der Waals surface area contributed by atoms with Crippen LogP contribution in [0.4, 0.5) is 5.82 Å². The lowest BCUT2D eigenvalue weighted by molar-refractivity contribution is 0.316. The smallest absolute Gasteiger partial charge is 0.162 e. The number of hydrogen-bond donors (Lipinski definition) is 1. The van der Waals surface area contributed by atoms with Crippen molar-refractivity contribution in [3.63, 3.8) is 0 Å². The molecule has 25 heavy (non-hydrogen) atoms. The summed E-state index contributed by atoms with van der Waals surface area (Å²) in [5.74, 6) is 1.55. The van der Waals surface area contributed by atoms with E-state index in [0.717, 1.165) is 48.5 Å². The summed E-state index contributed by atoms with van der Waals surface area (Å²) < 4.78 is 0. The average Bonchev–Trinajstić information content (AvgIpc) is 2.65. The molecule has 0 aliphatic carbocycles. The van der Waals surface area contributed by atoms with Crippen molar-refractivity contribution < 1.29 is 0 Å². The van der Waals surface area contributed by atoms with Gasteiger partial charge in [0.25, 0.3) is 0 Å². The molecule has 0 fully saturated rings. The van der Waals surface area contributed by atoms with Gasteiger partial charge in [0.1, 0.15) is 5.82 Å². The van der Waals surface area contributed by atoms with Crippen LogP contribution in [-0.4, -0.2) is 41.0 Å². The predicted molar refractivity (Wildman–Crippen MR) is 106 cm³/mol. The third-order valence-corrected chi connectivity index (χ3v) is 4.54. The molecular weight excluding hydrogens is 332 g/mol. The predicted octanol–water partition coefficient (Wildman–Crippen LogP) is 4.70. The van der Waals surface area contributed by atoms with Crippen LogP contribution in [0, 0.1) is 0 Å².